The van der Waals surface area contributed by atoms with E-state index in [-0.39, 0.29) is 6.04 Å². The van der Waals surface area contributed by atoms with Gasteiger partial charge in [0, 0.05) is 11.7 Å². The molecule has 1 atom stereocenters. The number of hydrogen-bond donors (Lipinski definition) is 2. The fraction of sp³-hybridized carbons (Fsp3) is 0.444. The largest absolute Gasteiger partial charge is 0.398 e. The Hall–Kier alpha value is -1.54. The van der Waals surface area contributed by atoms with E-state index in [0.29, 0.717) is 5.92 Å². The molecule has 0 fully saturated rings. The maximum atomic E-state index is 6.05. The van der Waals surface area contributed by atoms with Crippen LogP contribution in [0.4, 0.5) is 5.69 Å². The minimum absolute atomic E-state index is 0.0709. The van der Waals surface area contributed by atoms with Crippen molar-refractivity contribution in [2.45, 2.75) is 47.6 Å². The van der Waals surface area contributed by atoms with E-state index >= 15 is 0 Å². The van der Waals surface area contributed by atoms with Gasteiger partial charge in [-0.15, -0.1) is 0 Å². The fourth-order valence-corrected chi connectivity index (χ4v) is 2.10. The van der Waals surface area contributed by atoms with E-state index in [1.807, 2.05) is 6.92 Å². The van der Waals surface area contributed by atoms with Gasteiger partial charge in [-0.05, 0) is 68.0 Å². The second kappa shape index (κ2) is 6.76. The van der Waals surface area contributed by atoms with Gasteiger partial charge in [-0.3, -0.25) is 0 Å². The lowest BCUT2D eigenvalue weighted by Crippen LogP contribution is -2.16. The molecule has 0 saturated heterocycles. The Balaban J connectivity index is 3.37. The molecular formula is C18H28N2. The highest BCUT2D eigenvalue weighted by molar-refractivity contribution is 5.77. The Bertz CT molecular complexity index is 511. The highest BCUT2D eigenvalue weighted by atomic mass is 14.6. The fourth-order valence-electron chi connectivity index (χ4n) is 2.10. The average molecular weight is 272 g/mol. The lowest BCUT2D eigenvalue weighted by molar-refractivity contribution is 0.832. The van der Waals surface area contributed by atoms with Crippen molar-refractivity contribution in [3.05, 3.63) is 46.5 Å². The van der Waals surface area contributed by atoms with Crippen LogP contribution in [-0.4, -0.2) is 6.04 Å². The van der Waals surface area contributed by atoms with Crippen LogP contribution in [0, 0.1) is 19.8 Å². The van der Waals surface area contributed by atoms with Crippen LogP contribution in [0.3, 0.4) is 0 Å². The van der Waals surface area contributed by atoms with Crippen LogP contribution in [0.15, 0.2) is 29.9 Å². The van der Waals surface area contributed by atoms with E-state index in [0.717, 1.165) is 16.8 Å². The van der Waals surface area contributed by atoms with E-state index in [1.54, 1.807) is 0 Å². The van der Waals surface area contributed by atoms with Gasteiger partial charge < -0.3 is 11.5 Å². The zero-order valence-corrected chi connectivity index (χ0v) is 13.6. The van der Waals surface area contributed by atoms with Gasteiger partial charge in [0.15, 0.2) is 0 Å². The normalized spacial score (nSPS) is 14.8. The first-order chi connectivity index (χ1) is 9.22. The minimum atomic E-state index is 0.0709. The summed E-state index contributed by atoms with van der Waals surface area (Å²) in [5.41, 5.74) is 18.8. The van der Waals surface area contributed by atoms with E-state index in [2.05, 4.69) is 58.9 Å². The van der Waals surface area contributed by atoms with E-state index in [1.165, 1.54) is 16.7 Å². The summed E-state index contributed by atoms with van der Waals surface area (Å²) in [6.07, 6.45) is 4.46. The summed E-state index contributed by atoms with van der Waals surface area (Å²) in [5.74, 6) is 0.486. The Morgan fingerprint density at radius 3 is 2.00 bits per heavy atom. The molecule has 1 aromatic carbocycles. The summed E-state index contributed by atoms with van der Waals surface area (Å²) in [7, 11) is 0. The molecule has 0 aliphatic rings. The highest BCUT2D eigenvalue weighted by Gasteiger charge is 2.07. The van der Waals surface area contributed by atoms with Crippen molar-refractivity contribution in [3.8, 4) is 0 Å². The van der Waals surface area contributed by atoms with Crippen molar-refractivity contribution in [3.63, 3.8) is 0 Å². The average Bonchev–Trinajstić information content (AvgIpc) is 2.33. The first-order valence-corrected chi connectivity index (χ1v) is 7.25. The Labute approximate surface area is 123 Å². The van der Waals surface area contributed by atoms with Crippen LogP contribution in [0.1, 0.15) is 44.4 Å². The smallest absolute Gasteiger partial charge is 0.0373 e. The first kappa shape index (κ1) is 16.5. The number of allylic oxidation sites excluding steroid dienone is 3. The maximum absolute atomic E-state index is 6.05. The van der Waals surface area contributed by atoms with E-state index in [9.17, 15) is 0 Å². The molecular weight excluding hydrogens is 244 g/mol. The number of anilines is 1. The third-order valence-corrected chi connectivity index (χ3v) is 3.54. The van der Waals surface area contributed by atoms with Crippen molar-refractivity contribution >= 4 is 11.3 Å². The van der Waals surface area contributed by atoms with Gasteiger partial charge in [-0.2, -0.15) is 0 Å². The van der Waals surface area contributed by atoms with Crippen LogP contribution in [0.5, 0.6) is 0 Å². The molecule has 0 heterocycles. The zero-order valence-electron chi connectivity index (χ0n) is 13.6. The van der Waals surface area contributed by atoms with Gasteiger partial charge in [0.1, 0.15) is 0 Å². The predicted octanol–water partition coefficient (Wildman–Crippen LogP) is 4.22. The lowest BCUT2D eigenvalue weighted by Gasteiger charge is -2.13. The molecule has 0 aliphatic heterocycles. The second-order valence-electron chi connectivity index (χ2n) is 6.07. The molecule has 0 aliphatic carbocycles. The number of aryl methyl sites for hydroxylation is 2. The summed E-state index contributed by atoms with van der Waals surface area (Å²) in [4.78, 5) is 0. The topological polar surface area (TPSA) is 52.0 Å². The summed E-state index contributed by atoms with van der Waals surface area (Å²) >= 11 is 0. The van der Waals surface area contributed by atoms with Gasteiger partial charge in [0.25, 0.3) is 0 Å². The molecule has 4 N–H and O–H groups in total. The van der Waals surface area contributed by atoms with Crippen molar-refractivity contribution in [1.82, 2.24) is 0 Å². The summed E-state index contributed by atoms with van der Waals surface area (Å²) in [6.45, 7) is 12.6. The molecule has 0 saturated carbocycles. The van der Waals surface area contributed by atoms with Crippen LogP contribution >= 0.6 is 0 Å². The molecule has 20 heavy (non-hydrogen) atoms. The standard InChI is InChI=1S/C18H28N2/c1-11(2)7-16(8-12(3)15(6)19)17-9-13(4)18(20)14(5)10-17/h7-11,15H,19-20H2,1-6H3/b12-8-,16-7+. The molecule has 110 valence electrons. The Morgan fingerprint density at radius 2 is 1.60 bits per heavy atom. The number of hydrogen-bond acceptors (Lipinski definition) is 2. The van der Waals surface area contributed by atoms with Crippen molar-refractivity contribution < 1.29 is 0 Å². The quantitative estimate of drug-likeness (QED) is 0.637. The van der Waals surface area contributed by atoms with Gasteiger partial charge in [-0.1, -0.05) is 31.6 Å². The number of nitrogen functional groups attached to an aromatic ring is 1. The molecule has 0 aromatic heterocycles. The molecule has 1 unspecified atom stereocenters. The number of benzene rings is 1. The van der Waals surface area contributed by atoms with Crippen LogP contribution in [-0.2, 0) is 0 Å². The molecule has 2 heteroatoms. The van der Waals surface area contributed by atoms with Gasteiger partial charge in [0.2, 0.25) is 0 Å². The molecule has 0 spiro atoms. The number of nitrogens with two attached hydrogens (primary N) is 2. The lowest BCUT2D eigenvalue weighted by atomic mass is 9.94. The van der Waals surface area contributed by atoms with E-state index in [4.69, 9.17) is 11.5 Å². The summed E-state index contributed by atoms with van der Waals surface area (Å²) in [5, 5.41) is 0. The highest BCUT2D eigenvalue weighted by Crippen LogP contribution is 2.26. The summed E-state index contributed by atoms with van der Waals surface area (Å²) in [6, 6.07) is 4.38. The monoisotopic (exact) mass is 272 g/mol. The van der Waals surface area contributed by atoms with Gasteiger partial charge in [0.05, 0.1) is 0 Å². The van der Waals surface area contributed by atoms with Gasteiger partial charge in [-0.25, -0.2) is 0 Å². The Kier molecular flexibility index (Phi) is 5.58. The van der Waals surface area contributed by atoms with Crippen molar-refractivity contribution in [2.75, 3.05) is 5.73 Å². The molecule has 0 radical (unpaired) electrons. The molecule has 1 aromatic rings. The molecule has 0 amide bonds. The maximum Gasteiger partial charge on any atom is 0.0373 e. The number of rotatable bonds is 4. The molecule has 1 rings (SSSR count). The first-order valence-electron chi connectivity index (χ1n) is 7.25. The third-order valence-electron chi connectivity index (χ3n) is 3.54. The van der Waals surface area contributed by atoms with E-state index < -0.39 is 0 Å². The SMILES string of the molecule is C/C(=C/C(=C\C(C)C)c1cc(C)c(N)c(C)c1)C(C)N. The van der Waals surface area contributed by atoms with Crippen molar-refractivity contribution in [1.29, 1.82) is 0 Å². The second-order valence-corrected chi connectivity index (χ2v) is 6.07. The Morgan fingerprint density at radius 1 is 1.10 bits per heavy atom. The third kappa shape index (κ3) is 4.24. The predicted molar refractivity (Wildman–Crippen MR) is 90.5 cm³/mol. The summed E-state index contributed by atoms with van der Waals surface area (Å²) < 4.78 is 0. The van der Waals surface area contributed by atoms with Crippen molar-refractivity contribution in [2.24, 2.45) is 11.7 Å². The van der Waals surface area contributed by atoms with Crippen LogP contribution < -0.4 is 11.5 Å². The van der Waals surface area contributed by atoms with Crippen LogP contribution in [0.25, 0.3) is 5.57 Å². The van der Waals surface area contributed by atoms with Crippen LogP contribution in [0.2, 0.25) is 0 Å². The molecule has 2 nitrogen and oxygen atoms in total. The molecule has 0 bridgehead atoms. The zero-order chi connectivity index (χ0) is 15.4. The van der Waals surface area contributed by atoms with Gasteiger partial charge >= 0.3 is 0 Å². The minimum Gasteiger partial charge on any atom is -0.398 e.